The van der Waals surface area contributed by atoms with E-state index in [4.69, 9.17) is 0 Å². The average Bonchev–Trinajstić information content (AvgIpc) is 2.75. The lowest BCUT2D eigenvalue weighted by Crippen LogP contribution is -2.25. The Bertz CT molecular complexity index is 327. The van der Waals surface area contributed by atoms with Gasteiger partial charge in [-0.2, -0.15) is 0 Å². The molecule has 0 amide bonds. The van der Waals surface area contributed by atoms with Crippen molar-refractivity contribution < 1.29 is 4.79 Å². The van der Waals surface area contributed by atoms with E-state index in [0.717, 1.165) is 19.4 Å². The molecule has 0 aromatic carbocycles. The summed E-state index contributed by atoms with van der Waals surface area (Å²) in [5.74, 6) is 0.531. The molecule has 1 fully saturated rings. The van der Waals surface area contributed by atoms with Gasteiger partial charge in [0.1, 0.15) is 6.33 Å². The van der Waals surface area contributed by atoms with Gasteiger partial charge in [-0.25, -0.2) is 0 Å². The van der Waals surface area contributed by atoms with E-state index in [0.29, 0.717) is 18.3 Å². The highest BCUT2D eigenvalue weighted by molar-refractivity contribution is 5.93. The second-order valence-electron chi connectivity index (χ2n) is 3.69. The van der Waals surface area contributed by atoms with Gasteiger partial charge in [0.25, 0.3) is 0 Å². The van der Waals surface area contributed by atoms with Gasteiger partial charge >= 0.3 is 0 Å². The van der Waals surface area contributed by atoms with E-state index < -0.39 is 0 Å². The Kier molecular flexibility index (Phi) is 2.58. The third kappa shape index (κ3) is 1.82. The molecule has 0 bridgehead atoms. The molecule has 1 aliphatic rings. The predicted octanol–water partition coefficient (Wildman–Crippen LogP) is 0.140. The molecule has 1 saturated heterocycles. The van der Waals surface area contributed by atoms with Crippen LogP contribution >= 0.6 is 0 Å². The maximum Gasteiger partial charge on any atom is 0.201 e. The fourth-order valence-electron chi connectivity index (χ4n) is 1.78. The van der Waals surface area contributed by atoms with Gasteiger partial charge in [0.15, 0.2) is 5.82 Å². The van der Waals surface area contributed by atoms with Gasteiger partial charge in [-0.15, -0.1) is 10.2 Å². The van der Waals surface area contributed by atoms with Crippen molar-refractivity contribution in [3.63, 3.8) is 0 Å². The minimum absolute atomic E-state index is 0.0735. The first-order valence-corrected chi connectivity index (χ1v) is 4.88. The second kappa shape index (κ2) is 3.88. The third-order valence-electron chi connectivity index (χ3n) is 2.55. The molecule has 2 heterocycles. The van der Waals surface area contributed by atoms with Crippen LogP contribution in [-0.2, 0) is 7.05 Å². The first kappa shape index (κ1) is 9.33. The molecule has 5 nitrogen and oxygen atoms in total. The highest BCUT2D eigenvalue weighted by atomic mass is 16.1. The number of hydrogen-bond donors (Lipinski definition) is 1. The lowest BCUT2D eigenvalue weighted by molar-refractivity contribution is 0.0958. The summed E-state index contributed by atoms with van der Waals surface area (Å²) in [6.45, 7) is 1.02. The van der Waals surface area contributed by atoms with Crippen LogP contribution in [0.3, 0.4) is 0 Å². The summed E-state index contributed by atoms with van der Waals surface area (Å²) in [4.78, 5) is 11.7. The first-order chi connectivity index (χ1) is 6.77. The molecule has 0 aliphatic carbocycles. The van der Waals surface area contributed by atoms with Crippen LogP contribution in [0.4, 0.5) is 0 Å². The van der Waals surface area contributed by atoms with Gasteiger partial charge in [-0.1, -0.05) is 0 Å². The van der Waals surface area contributed by atoms with Crippen LogP contribution in [0.1, 0.15) is 29.9 Å². The largest absolute Gasteiger partial charge is 0.314 e. The molecule has 1 aliphatic heterocycles. The van der Waals surface area contributed by atoms with Crippen LogP contribution in [0.15, 0.2) is 6.33 Å². The standard InChI is InChI=1S/C9H14N4O/c1-13-6-11-12-9(13)8(14)5-7-3-2-4-10-7/h6-7,10H,2-5H2,1H3. The number of nitrogens with zero attached hydrogens (tertiary/aromatic N) is 3. The number of aryl methyl sites for hydroxylation is 1. The molecule has 1 N–H and O–H groups in total. The zero-order chi connectivity index (χ0) is 9.97. The van der Waals surface area contributed by atoms with E-state index in [-0.39, 0.29) is 5.78 Å². The van der Waals surface area contributed by atoms with Crippen molar-refractivity contribution in [2.24, 2.45) is 7.05 Å². The van der Waals surface area contributed by atoms with E-state index >= 15 is 0 Å². The average molecular weight is 194 g/mol. The van der Waals surface area contributed by atoms with Crippen molar-refractivity contribution in [2.75, 3.05) is 6.54 Å². The molecule has 0 saturated carbocycles. The van der Waals surface area contributed by atoms with Crippen LogP contribution in [0.5, 0.6) is 0 Å². The molecular weight excluding hydrogens is 180 g/mol. The van der Waals surface area contributed by atoms with Gasteiger partial charge in [0.05, 0.1) is 0 Å². The number of carbonyl (C=O) groups is 1. The summed E-state index contributed by atoms with van der Waals surface area (Å²) >= 11 is 0. The first-order valence-electron chi connectivity index (χ1n) is 4.88. The van der Waals surface area contributed by atoms with Crippen molar-refractivity contribution in [2.45, 2.75) is 25.3 Å². The van der Waals surface area contributed by atoms with Crippen molar-refractivity contribution >= 4 is 5.78 Å². The third-order valence-corrected chi connectivity index (χ3v) is 2.55. The van der Waals surface area contributed by atoms with Gasteiger partial charge in [-0.3, -0.25) is 4.79 Å². The summed E-state index contributed by atoms with van der Waals surface area (Å²) < 4.78 is 1.66. The number of aromatic nitrogens is 3. The Morgan fingerprint density at radius 3 is 3.21 bits per heavy atom. The fourth-order valence-corrected chi connectivity index (χ4v) is 1.78. The number of hydrogen-bond acceptors (Lipinski definition) is 4. The predicted molar refractivity (Wildman–Crippen MR) is 51.0 cm³/mol. The lowest BCUT2D eigenvalue weighted by atomic mass is 10.1. The molecule has 1 atom stereocenters. The van der Waals surface area contributed by atoms with Gasteiger partial charge in [0.2, 0.25) is 5.78 Å². The molecule has 5 heteroatoms. The fraction of sp³-hybridized carbons (Fsp3) is 0.667. The summed E-state index contributed by atoms with van der Waals surface area (Å²) in [5.41, 5.74) is 0. The Morgan fingerprint density at radius 1 is 1.79 bits per heavy atom. The number of rotatable bonds is 3. The number of carbonyl (C=O) groups excluding carboxylic acids is 1. The van der Waals surface area contributed by atoms with Crippen molar-refractivity contribution in [3.8, 4) is 0 Å². The Hall–Kier alpha value is -1.23. The van der Waals surface area contributed by atoms with Gasteiger partial charge in [0, 0.05) is 19.5 Å². The van der Waals surface area contributed by atoms with E-state index in [1.54, 1.807) is 17.9 Å². The quantitative estimate of drug-likeness (QED) is 0.695. The van der Waals surface area contributed by atoms with E-state index in [9.17, 15) is 4.79 Å². The minimum atomic E-state index is 0.0735. The zero-order valence-electron chi connectivity index (χ0n) is 8.23. The highest BCUT2D eigenvalue weighted by Gasteiger charge is 2.20. The minimum Gasteiger partial charge on any atom is -0.314 e. The normalized spacial score (nSPS) is 21.4. The SMILES string of the molecule is Cn1cnnc1C(=O)CC1CCCN1. The Balaban J connectivity index is 1.98. The lowest BCUT2D eigenvalue weighted by Gasteiger charge is -2.07. The molecule has 0 radical (unpaired) electrons. The number of Topliss-reactive ketones (excluding diaryl/α,β-unsaturated/α-hetero) is 1. The maximum atomic E-state index is 11.7. The maximum absolute atomic E-state index is 11.7. The van der Waals surface area contributed by atoms with E-state index in [1.807, 2.05) is 0 Å². The van der Waals surface area contributed by atoms with Crippen LogP contribution in [0.25, 0.3) is 0 Å². The topological polar surface area (TPSA) is 59.8 Å². The molecule has 2 rings (SSSR count). The molecule has 0 spiro atoms. The van der Waals surface area contributed by atoms with Crippen molar-refractivity contribution in [3.05, 3.63) is 12.2 Å². The van der Waals surface area contributed by atoms with E-state index in [2.05, 4.69) is 15.5 Å². The van der Waals surface area contributed by atoms with Crippen molar-refractivity contribution in [1.82, 2.24) is 20.1 Å². The van der Waals surface area contributed by atoms with Crippen molar-refractivity contribution in [1.29, 1.82) is 0 Å². The molecule has 14 heavy (non-hydrogen) atoms. The summed E-state index contributed by atoms with van der Waals surface area (Å²) in [6, 6.07) is 0.333. The molecule has 1 aromatic heterocycles. The van der Waals surface area contributed by atoms with Gasteiger partial charge in [-0.05, 0) is 19.4 Å². The molecule has 1 aromatic rings. The number of ketones is 1. The Morgan fingerprint density at radius 2 is 2.64 bits per heavy atom. The van der Waals surface area contributed by atoms with Crippen LogP contribution in [0, 0.1) is 0 Å². The molecular formula is C9H14N4O. The summed E-state index contributed by atoms with van der Waals surface area (Å²) in [6.07, 6.45) is 4.34. The number of nitrogens with one attached hydrogen (secondary N) is 1. The molecule has 76 valence electrons. The van der Waals surface area contributed by atoms with Crippen LogP contribution in [-0.4, -0.2) is 33.1 Å². The van der Waals surface area contributed by atoms with E-state index in [1.165, 1.54) is 0 Å². The highest BCUT2D eigenvalue weighted by Crippen LogP contribution is 2.11. The second-order valence-corrected chi connectivity index (χ2v) is 3.69. The zero-order valence-corrected chi connectivity index (χ0v) is 8.23. The summed E-state index contributed by atoms with van der Waals surface area (Å²) in [7, 11) is 1.79. The van der Waals surface area contributed by atoms with Crippen LogP contribution in [0.2, 0.25) is 0 Å². The van der Waals surface area contributed by atoms with Gasteiger partial charge < -0.3 is 9.88 Å². The summed E-state index contributed by atoms with van der Waals surface area (Å²) in [5, 5.41) is 10.8. The Labute approximate surface area is 82.5 Å². The smallest absolute Gasteiger partial charge is 0.201 e. The monoisotopic (exact) mass is 194 g/mol. The van der Waals surface area contributed by atoms with Crippen LogP contribution < -0.4 is 5.32 Å². The molecule has 1 unspecified atom stereocenters.